The van der Waals surface area contributed by atoms with Crippen LogP contribution >= 0.6 is 11.6 Å². The maximum atomic E-state index is 12.7. The average molecular weight is 261 g/mol. The summed E-state index contributed by atoms with van der Waals surface area (Å²) >= 11 is 5.92. The largest absolute Gasteiger partial charge is 0.289 e. The van der Waals surface area contributed by atoms with Crippen LogP contribution in [-0.2, 0) is 0 Å². The smallest absolute Gasteiger partial charge is 0.187 e. The molecule has 90 valence electrons. The Morgan fingerprint density at radius 2 is 1.72 bits per heavy atom. The van der Waals surface area contributed by atoms with Crippen LogP contribution in [-0.4, -0.2) is 5.78 Å². The Bertz CT molecular complexity index is 588. The summed E-state index contributed by atoms with van der Waals surface area (Å²) in [7, 11) is 0. The van der Waals surface area contributed by atoms with Crippen molar-refractivity contribution in [2.45, 2.75) is 0 Å². The number of ketones is 1. The molecule has 0 bridgehead atoms. The van der Waals surface area contributed by atoms with E-state index >= 15 is 0 Å². The lowest BCUT2D eigenvalue weighted by Gasteiger charge is -1.98. The van der Waals surface area contributed by atoms with Gasteiger partial charge in [-0.05, 0) is 35.9 Å². The van der Waals surface area contributed by atoms with Crippen molar-refractivity contribution in [3.63, 3.8) is 0 Å². The lowest BCUT2D eigenvalue weighted by molar-refractivity contribution is 0.104. The summed E-state index contributed by atoms with van der Waals surface area (Å²) in [6, 6.07) is 12.8. The van der Waals surface area contributed by atoms with E-state index in [1.54, 1.807) is 42.5 Å². The Kier molecular flexibility index (Phi) is 3.90. The minimum atomic E-state index is -0.301. The van der Waals surface area contributed by atoms with Crippen molar-refractivity contribution in [1.29, 1.82) is 0 Å². The van der Waals surface area contributed by atoms with Gasteiger partial charge in [0.2, 0.25) is 0 Å². The summed E-state index contributed by atoms with van der Waals surface area (Å²) in [6.45, 7) is 0. The molecule has 2 rings (SSSR count). The summed E-state index contributed by atoms with van der Waals surface area (Å²) in [5.74, 6) is -0.477. The molecule has 2 aromatic rings. The van der Waals surface area contributed by atoms with Gasteiger partial charge >= 0.3 is 0 Å². The van der Waals surface area contributed by atoms with Crippen molar-refractivity contribution >= 4 is 23.5 Å². The monoisotopic (exact) mass is 260 g/mol. The summed E-state index contributed by atoms with van der Waals surface area (Å²) in [6.07, 6.45) is 3.06. The van der Waals surface area contributed by atoms with E-state index < -0.39 is 0 Å². The molecule has 0 fully saturated rings. The van der Waals surface area contributed by atoms with Crippen LogP contribution in [0, 0.1) is 5.82 Å². The number of carbonyl (C=O) groups is 1. The van der Waals surface area contributed by atoms with Crippen LogP contribution < -0.4 is 0 Å². The Labute approximate surface area is 110 Å². The highest BCUT2D eigenvalue weighted by Gasteiger charge is 2.05. The van der Waals surface area contributed by atoms with E-state index in [2.05, 4.69) is 0 Å². The second kappa shape index (κ2) is 5.61. The van der Waals surface area contributed by atoms with Gasteiger partial charge in [0.05, 0.1) is 5.02 Å². The van der Waals surface area contributed by atoms with Gasteiger partial charge < -0.3 is 0 Å². The minimum absolute atomic E-state index is 0.176. The summed E-state index contributed by atoms with van der Waals surface area (Å²) in [5, 5.41) is 0.422. The first kappa shape index (κ1) is 12.5. The van der Waals surface area contributed by atoms with Gasteiger partial charge in [-0.3, -0.25) is 4.79 Å². The normalized spacial score (nSPS) is 10.8. The molecule has 0 unspecified atom stereocenters. The zero-order valence-electron chi connectivity index (χ0n) is 9.44. The third-order valence-corrected chi connectivity index (χ3v) is 2.77. The van der Waals surface area contributed by atoms with Gasteiger partial charge in [-0.2, -0.15) is 0 Å². The van der Waals surface area contributed by atoms with Gasteiger partial charge in [-0.15, -0.1) is 0 Å². The van der Waals surface area contributed by atoms with Crippen LogP contribution in [0.15, 0.2) is 54.6 Å². The fourth-order valence-electron chi connectivity index (χ4n) is 1.50. The van der Waals surface area contributed by atoms with Crippen molar-refractivity contribution < 1.29 is 9.18 Å². The zero-order chi connectivity index (χ0) is 13.0. The first-order chi connectivity index (χ1) is 8.66. The zero-order valence-corrected chi connectivity index (χ0v) is 10.2. The third kappa shape index (κ3) is 3.05. The molecule has 0 aromatic heterocycles. The van der Waals surface area contributed by atoms with E-state index in [-0.39, 0.29) is 11.6 Å². The Balaban J connectivity index is 2.17. The highest BCUT2D eigenvalue weighted by molar-refractivity contribution is 6.34. The van der Waals surface area contributed by atoms with Crippen molar-refractivity contribution in [3.8, 4) is 0 Å². The molecule has 3 heteroatoms. The molecule has 0 spiro atoms. The number of hydrogen-bond donors (Lipinski definition) is 0. The average Bonchev–Trinajstić information content (AvgIpc) is 2.38. The Hall–Kier alpha value is -1.93. The number of allylic oxidation sites excluding steroid dienone is 1. The van der Waals surface area contributed by atoms with Crippen molar-refractivity contribution in [3.05, 3.63) is 76.6 Å². The van der Waals surface area contributed by atoms with Gasteiger partial charge in [-0.25, -0.2) is 4.39 Å². The number of carbonyl (C=O) groups excluding carboxylic acids is 1. The predicted molar refractivity (Wildman–Crippen MR) is 71.2 cm³/mol. The standard InChI is InChI=1S/C15H10ClFO/c16-14-4-2-1-3-13(14)15(18)10-7-11-5-8-12(17)9-6-11/h1-10H/b10-7+. The second-order valence-corrected chi connectivity index (χ2v) is 4.14. The fraction of sp³-hybridized carbons (Fsp3) is 0. The highest BCUT2D eigenvalue weighted by atomic mass is 35.5. The van der Waals surface area contributed by atoms with E-state index in [9.17, 15) is 9.18 Å². The van der Waals surface area contributed by atoms with Crippen LogP contribution in [0.1, 0.15) is 15.9 Å². The number of halogens is 2. The first-order valence-corrected chi connectivity index (χ1v) is 5.77. The molecule has 0 aliphatic rings. The van der Waals surface area contributed by atoms with E-state index in [0.29, 0.717) is 10.6 Å². The molecule has 0 radical (unpaired) electrons. The maximum absolute atomic E-state index is 12.7. The van der Waals surface area contributed by atoms with Gasteiger partial charge in [0, 0.05) is 5.56 Å². The topological polar surface area (TPSA) is 17.1 Å². The second-order valence-electron chi connectivity index (χ2n) is 3.73. The van der Waals surface area contributed by atoms with Crippen molar-refractivity contribution in [2.24, 2.45) is 0 Å². The molecule has 1 nitrogen and oxygen atoms in total. The molecule has 0 saturated carbocycles. The molecular formula is C15H10ClFO. The fourth-order valence-corrected chi connectivity index (χ4v) is 1.73. The molecule has 0 amide bonds. The van der Waals surface area contributed by atoms with Gasteiger partial charge in [0.25, 0.3) is 0 Å². The first-order valence-electron chi connectivity index (χ1n) is 5.39. The molecule has 0 aliphatic heterocycles. The van der Waals surface area contributed by atoms with E-state index in [4.69, 9.17) is 11.6 Å². The van der Waals surface area contributed by atoms with Crippen LogP contribution in [0.4, 0.5) is 4.39 Å². The third-order valence-electron chi connectivity index (χ3n) is 2.44. The van der Waals surface area contributed by atoms with Gasteiger partial charge in [0.15, 0.2) is 5.78 Å². The molecule has 18 heavy (non-hydrogen) atoms. The minimum Gasteiger partial charge on any atom is -0.289 e. The number of hydrogen-bond acceptors (Lipinski definition) is 1. The van der Waals surface area contributed by atoms with E-state index in [1.807, 2.05) is 0 Å². The van der Waals surface area contributed by atoms with Crippen LogP contribution in [0.2, 0.25) is 5.02 Å². The van der Waals surface area contributed by atoms with E-state index in [1.165, 1.54) is 18.2 Å². The molecular weight excluding hydrogens is 251 g/mol. The number of benzene rings is 2. The quantitative estimate of drug-likeness (QED) is 0.591. The van der Waals surface area contributed by atoms with Crippen LogP contribution in [0.25, 0.3) is 6.08 Å². The summed E-state index contributed by atoms with van der Waals surface area (Å²) in [5.41, 5.74) is 1.22. The lowest BCUT2D eigenvalue weighted by Crippen LogP contribution is -1.94. The lowest BCUT2D eigenvalue weighted by atomic mass is 10.1. The molecule has 0 aliphatic carbocycles. The molecule has 0 N–H and O–H groups in total. The molecule has 0 atom stereocenters. The summed E-state index contributed by atoms with van der Waals surface area (Å²) < 4.78 is 12.7. The number of rotatable bonds is 3. The van der Waals surface area contributed by atoms with Crippen LogP contribution in [0.3, 0.4) is 0 Å². The molecule has 0 saturated heterocycles. The van der Waals surface area contributed by atoms with Crippen LogP contribution in [0.5, 0.6) is 0 Å². The SMILES string of the molecule is O=C(/C=C/c1ccc(F)cc1)c1ccccc1Cl. The van der Waals surface area contributed by atoms with Crippen molar-refractivity contribution in [2.75, 3.05) is 0 Å². The predicted octanol–water partition coefficient (Wildman–Crippen LogP) is 4.38. The van der Waals surface area contributed by atoms with Gasteiger partial charge in [0.1, 0.15) is 5.82 Å². The van der Waals surface area contributed by atoms with E-state index in [0.717, 1.165) is 5.56 Å². The Morgan fingerprint density at radius 3 is 2.39 bits per heavy atom. The Morgan fingerprint density at radius 1 is 1.06 bits per heavy atom. The van der Waals surface area contributed by atoms with Gasteiger partial charge in [-0.1, -0.05) is 41.9 Å². The maximum Gasteiger partial charge on any atom is 0.187 e. The van der Waals surface area contributed by atoms with Crippen molar-refractivity contribution in [1.82, 2.24) is 0 Å². The molecule has 2 aromatic carbocycles. The highest BCUT2D eigenvalue weighted by Crippen LogP contribution is 2.16. The molecule has 0 heterocycles. The summed E-state index contributed by atoms with van der Waals surface area (Å²) in [4.78, 5) is 11.9.